The van der Waals surface area contributed by atoms with E-state index in [1.807, 2.05) is 0 Å². The number of carbonyl (C=O) groups is 1. The average Bonchev–Trinajstić information content (AvgIpc) is 2.18. The fourth-order valence-electron chi connectivity index (χ4n) is 2.24. The second kappa shape index (κ2) is 4.67. The molecule has 0 spiro atoms. The number of nitrogens with one attached hydrogen (secondary N) is 2. The van der Waals surface area contributed by atoms with Crippen molar-refractivity contribution in [2.75, 3.05) is 7.05 Å². The molecule has 0 aromatic rings. The predicted molar refractivity (Wildman–Crippen MR) is 58.2 cm³/mol. The van der Waals surface area contributed by atoms with Gasteiger partial charge in [-0.15, -0.1) is 0 Å². The number of carbonyl (C=O) groups excluding carboxylic acids is 1. The normalized spacial score (nSPS) is 22.5. The largest absolute Gasteiger partial charge is 0.341 e. The second-order valence-corrected chi connectivity index (χ2v) is 4.66. The summed E-state index contributed by atoms with van der Waals surface area (Å²) >= 11 is 0. The third kappa shape index (κ3) is 2.63. The molecule has 0 bridgehead atoms. The van der Waals surface area contributed by atoms with Crippen LogP contribution in [0.1, 0.15) is 46.0 Å². The lowest BCUT2D eigenvalue weighted by Crippen LogP contribution is -2.48. The summed E-state index contributed by atoms with van der Waals surface area (Å²) in [6, 6.07) is 0.201. The van der Waals surface area contributed by atoms with Crippen molar-refractivity contribution in [3.63, 3.8) is 0 Å². The molecule has 1 aliphatic rings. The molecule has 0 radical (unpaired) electrons. The maximum absolute atomic E-state index is 11.2. The van der Waals surface area contributed by atoms with Gasteiger partial charge in [0, 0.05) is 13.1 Å². The topological polar surface area (TPSA) is 41.1 Å². The van der Waals surface area contributed by atoms with Gasteiger partial charge >= 0.3 is 6.03 Å². The van der Waals surface area contributed by atoms with Crippen molar-refractivity contribution < 1.29 is 4.79 Å². The molecule has 1 fully saturated rings. The summed E-state index contributed by atoms with van der Waals surface area (Å²) in [7, 11) is 1.66. The van der Waals surface area contributed by atoms with E-state index >= 15 is 0 Å². The number of urea groups is 1. The molecule has 1 atom stereocenters. The molecular weight excluding hydrogens is 176 g/mol. The lowest BCUT2D eigenvalue weighted by molar-refractivity contribution is 0.155. The van der Waals surface area contributed by atoms with Crippen LogP contribution in [0.15, 0.2) is 0 Å². The maximum atomic E-state index is 11.2. The van der Waals surface area contributed by atoms with Crippen LogP contribution in [0.25, 0.3) is 0 Å². The molecule has 2 N–H and O–H groups in total. The standard InChI is InChI=1S/C11H22N2O/c1-9(13-10(14)12-3)11(2)7-5-4-6-8-11/h9H,4-8H2,1-3H3,(H2,12,13,14). The Bertz CT molecular complexity index is 197. The van der Waals surface area contributed by atoms with E-state index in [4.69, 9.17) is 0 Å². The lowest BCUT2D eigenvalue weighted by Gasteiger charge is -2.39. The third-order valence-corrected chi connectivity index (χ3v) is 3.62. The van der Waals surface area contributed by atoms with Gasteiger partial charge in [-0.1, -0.05) is 26.2 Å². The number of amides is 2. The van der Waals surface area contributed by atoms with Crippen LogP contribution in [0.4, 0.5) is 4.79 Å². The van der Waals surface area contributed by atoms with E-state index in [0.717, 1.165) is 0 Å². The third-order valence-electron chi connectivity index (χ3n) is 3.62. The first-order valence-corrected chi connectivity index (χ1v) is 5.57. The summed E-state index contributed by atoms with van der Waals surface area (Å²) in [6.45, 7) is 4.40. The Labute approximate surface area is 86.6 Å². The Morgan fingerprint density at radius 3 is 2.36 bits per heavy atom. The molecular formula is C11H22N2O. The summed E-state index contributed by atoms with van der Waals surface area (Å²) in [4.78, 5) is 11.2. The quantitative estimate of drug-likeness (QED) is 0.702. The van der Waals surface area contributed by atoms with Crippen LogP contribution >= 0.6 is 0 Å². The van der Waals surface area contributed by atoms with Gasteiger partial charge in [0.1, 0.15) is 0 Å². The van der Waals surface area contributed by atoms with Crippen molar-refractivity contribution in [1.29, 1.82) is 0 Å². The molecule has 1 saturated carbocycles. The molecule has 3 heteroatoms. The zero-order chi connectivity index (χ0) is 10.6. The van der Waals surface area contributed by atoms with E-state index in [9.17, 15) is 4.79 Å². The maximum Gasteiger partial charge on any atom is 0.314 e. The average molecular weight is 198 g/mol. The van der Waals surface area contributed by atoms with Gasteiger partial charge in [0.05, 0.1) is 0 Å². The number of hydrogen-bond donors (Lipinski definition) is 2. The van der Waals surface area contributed by atoms with E-state index in [2.05, 4.69) is 24.5 Å². The minimum atomic E-state index is -0.0655. The molecule has 0 aliphatic heterocycles. The minimum absolute atomic E-state index is 0.0655. The molecule has 82 valence electrons. The van der Waals surface area contributed by atoms with E-state index in [0.29, 0.717) is 5.41 Å². The van der Waals surface area contributed by atoms with Crippen LogP contribution in [-0.2, 0) is 0 Å². The van der Waals surface area contributed by atoms with Gasteiger partial charge in [-0.2, -0.15) is 0 Å². The zero-order valence-electron chi connectivity index (χ0n) is 9.52. The highest BCUT2D eigenvalue weighted by molar-refractivity contribution is 5.73. The molecule has 2 amide bonds. The highest BCUT2D eigenvalue weighted by Gasteiger charge is 2.33. The molecule has 0 aromatic heterocycles. The van der Waals surface area contributed by atoms with Crippen molar-refractivity contribution in [3.8, 4) is 0 Å². The first-order valence-electron chi connectivity index (χ1n) is 5.57. The molecule has 0 saturated heterocycles. The highest BCUT2D eigenvalue weighted by Crippen LogP contribution is 2.38. The van der Waals surface area contributed by atoms with Gasteiger partial charge in [0.25, 0.3) is 0 Å². The lowest BCUT2D eigenvalue weighted by atomic mass is 9.71. The summed E-state index contributed by atoms with van der Waals surface area (Å²) in [6.07, 6.45) is 6.42. The van der Waals surface area contributed by atoms with Crippen molar-refractivity contribution in [3.05, 3.63) is 0 Å². The molecule has 1 unspecified atom stereocenters. The number of rotatable bonds is 2. The zero-order valence-corrected chi connectivity index (χ0v) is 9.52. The van der Waals surface area contributed by atoms with Crippen LogP contribution in [0.2, 0.25) is 0 Å². The smallest absolute Gasteiger partial charge is 0.314 e. The Hall–Kier alpha value is -0.730. The van der Waals surface area contributed by atoms with Gasteiger partial charge in [0.2, 0.25) is 0 Å². The molecule has 1 rings (SSSR count). The minimum Gasteiger partial charge on any atom is -0.341 e. The van der Waals surface area contributed by atoms with Gasteiger partial charge < -0.3 is 10.6 Å². The Kier molecular flexibility index (Phi) is 3.78. The van der Waals surface area contributed by atoms with Gasteiger partial charge in [0.15, 0.2) is 0 Å². The second-order valence-electron chi connectivity index (χ2n) is 4.66. The first-order chi connectivity index (χ1) is 6.58. The van der Waals surface area contributed by atoms with E-state index in [1.165, 1.54) is 32.1 Å². The van der Waals surface area contributed by atoms with Crippen LogP contribution in [0, 0.1) is 5.41 Å². The summed E-state index contributed by atoms with van der Waals surface area (Å²) in [5, 5.41) is 5.59. The van der Waals surface area contributed by atoms with Crippen LogP contribution in [-0.4, -0.2) is 19.1 Å². The SMILES string of the molecule is CNC(=O)NC(C)C1(C)CCCCC1. The highest BCUT2D eigenvalue weighted by atomic mass is 16.2. The van der Waals surface area contributed by atoms with Gasteiger partial charge in [-0.3, -0.25) is 0 Å². The summed E-state index contributed by atoms with van der Waals surface area (Å²) < 4.78 is 0. The predicted octanol–water partition coefficient (Wildman–Crippen LogP) is 2.27. The molecule has 0 heterocycles. The van der Waals surface area contributed by atoms with Crippen molar-refractivity contribution >= 4 is 6.03 Å². The number of hydrogen-bond acceptors (Lipinski definition) is 1. The molecule has 14 heavy (non-hydrogen) atoms. The van der Waals surface area contributed by atoms with E-state index < -0.39 is 0 Å². The summed E-state index contributed by atoms with van der Waals surface area (Å²) in [5.41, 5.74) is 0.296. The molecule has 3 nitrogen and oxygen atoms in total. The summed E-state index contributed by atoms with van der Waals surface area (Å²) in [5.74, 6) is 0. The Balaban J connectivity index is 2.48. The van der Waals surface area contributed by atoms with E-state index in [1.54, 1.807) is 7.05 Å². The Morgan fingerprint density at radius 2 is 1.86 bits per heavy atom. The molecule has 0 aromatic carbocycles. The fraction of sp³-hybridized carbons (Fsp3) is 0.909. The van der Waals surface area contributed by atoms with Gasteiger partial charge in [-0.05, 0) is 25.2 Å². The van der Waals surface area contributed by atoms with Crippen LogP contribution in [0.3, 0.4) is 0 Å². The van der Waals surface area contributed by atoms with Crippen LogP contribution < -0.4 is 10.6 Å². The fourth-order valence-corrected chi connectivity index (χ4v) is 2.24. The van der Waals surface area contributed by atoms with E-state index in [-0.39, 0.29) is 12.1 Å². The monoisotopic (exact) mass is 198 g/mol. The van der Waals surface area contributed by atoms with Gasteiger partial charge in [-0.25, -0.2) is 4.79 Å². The van der Waals surface area contributed by atoms with Crippen molar-refractivity contribution in [1.82, 2.24) is 10.6 Å². The Morgan fingerprint density at radius 1 is 1.29 bits per heavy atom. The molecule has 1 aliphatic carbocycles. The van der Waals surface area contributed by atoms with Crippen LogP contribution in [0.5, 0.6) is 0 Å². The first kappa shape index (κ1) is 11.3. The van der Waals surface area contributed by atoms with Crippen molar-refractivity contribution in [2.45, 2.75) is 52.0 Å². The van der Waals surface area contributed by atoms with Crippen molar-refractivity contribution in [2.24, 2.45) is 5.41 Å².